The molecule has 0 aliphatic heterocycles. The molecule has 0 spiro atoms. The molecule has 0 saturated carbocycles. The van der Waals surface area contributed by atoms with Gasteiger partial charge in [-0.2, -0.15) is 0 Å². The molecule has 1 atom stereocenters. The molecular weight excluding hydrogens is 210 g/mol. The van der Waals surface area contributed by atoms with E-state index >= 15 is 0 Å². The van der Waals surface area contributed by atoms with Crippen molar-refractivity contribution in [1.29, 1.82) is 0 Å². The number of aromatic nitrogens is 2. The van der Waals surface area contributed by atoms with Crippen molar-refractivity contribution in [3.8, 4) is 0 Å². The van der Waals surface area contributed by atoms with Crippen LogP contribution in [0.1, 0.15) is 20.8 Å². The minimum atomic E-state index is -1.14. The predicted octanol–water partition coefficient (Wildman–Crippen LogP) is 1.10. The maximum Gasteiger partial charge on any atom is 0.316 e. The Morgan fingerprint density at radius 1 is 1.50 bits per heavy atom. The number of anilines is 1. The van der Waals surface area contributed by atoms with Gasteiger partial charge in [-0.1, -0.05) is 20.8 Å². The van der Waals surface area contributed by atoms with Crippen molar-refractivity contribution in [2.45, 2.75) is 20.8 Å². The van der Waals surface area contributed by atoms with Crippen molar-refractivity contribution in [3.05, 3.63) is 12.4 Å². The molecule has 0 bridgehead atoms. The predicted molar refractivity (Wildman–Crippen MR) is 57.8 cm³/mol. The normalized spacial score (nSPS) is 13.2. The second-order valence-corrected chi connectivity index (χ2v) is 4.56. The van der Waals surface area contributed by atoms with Crippen LogP contribution in [0.4, 0.5) is 5.95 Å². The van der Waals surface area contributed by atoms with Crippen LogP contribution in [0.15, 0.2) is 12.4 Å². The van der Waals surface area contributed by atoms with Gasteiger partial charge < -0.3 is 10.1 Å². The third kappa shape index (κ3) is 2.82. The van der Waals surface area contributed by atoms with E-state index in [2.05, 4.69) is 15.3 Å². The van der Waals surface area contributed by atoms with Crippen molar-refractivity contribution in [1.82, 2.24) is 9.97 Å². The molecule has 1 aromatic heterocycles. The molecule has 1 heterocycles. The molecule has 0 aliphatic carbocycles. The van der Waals surface area contributed by atoms with Crippen LogP contribution in [-0.4, -0.2) is 27.0 Å². The second-order valence-electron chi connectivity index (χ2n) is 4.56. The van der Waals surface area contributed by atoms with E-state index in [1.807, 2.05) is 0 Å². The number of carbonyl (C=O) groups excluding carboxylic acids is 1. The fraction of sp³-hybridized carbons (Fsp3) is 0.500. The van der Waals surface area contributed by atoms with Gasteiger partial charge in [-0.25, -0.2) is 4.98 Å². The average Bonchev–Trinajstić information content (AvgIpc) is 2.52. The van der Waals surface area contributed by atoms with Crippen LogP contribution in [0, 0.1) is 11.3 Å². The summed E-state index contributed by atoms with van der Waals surface area (Å²) in [7, 11) is 0. The highest BCUT2D eigenvalue weighted by Gasteiger charge is 2.37. The summed E-state index contributed by atoms with van der Waals surface area (Å²) < 4.78 is 0. The number of aliphatic carboxylic acids is 1. The molecule has 0 aliphatic rings. The molecule has 88 valence electrons. The fourth-order valence-electron chi connectivity index (χ4n) is 1.40. The molecule has 0 aromatic carbocycles. The van der Waals surface area contributed by atoms with Gasteiger partial charge in [-0.05, 0) is 5.41 Å². The lowest BCUT2D eigenvalue weighted by molar-refractivity contribution is -0.149. The van der Waals surface area contributed by atoms with Crippen LogP contribution in [0.3, 0.4) is 0 Å². The number of nitrogens with zero attached hydrogens (tertiary/aromatic N) is 1. The van der Waals surface area contributed by atoms with Crippen molar-refractivity contribution in [3.63, 3.8) is 0 Å². The Balaban J connectivity index is 2.81. The highest BCUT2D eigenvalue weighted by atomic mass is 16.4. The lowest BCUT2D eigenvalue weighted by atomic mass is 9.80. The van der Waals surface area contributed by atoms with E-state index in [9.17, 15) is 9.59 Å². The first-order valence-corrected chi connectivity index (χ1v) is 4.85. The highest BCUT2D eigenvalue weighted by Crippen LogP contribution is 2.27. The standard InChI is InChI=1S/C10H15N3O3/c1-10(2,3)6(8(15)16)7(14)13-9-11-4-5-12-9/h4-6H,1-3H3,(H,15,16)(H2,11,12,13,14). The lowest BCUT2D eigenvalue weighted by Crippen LogP contribution is -2.39. The topological polar surface area (TPSA) is 95.1 Å². The van der Waals surface area contributed by atoms with Gasteiger partial charge in [-0.3, -0.25) is 14.9 Å². The van der Waals surface area contributed by atoms with Gasteiger partial charge in [0.15, 0.2) is 0 Å². The fourth-order valence-corrected chi connectivity index (χ4v) is 1.40. The first kappa shape index (κ1) is 12.2. The third-order valence-electron chi connectivity index (χ3n) is 2.11. The Kier molecular flexibility index (Phi) is 3.31. The monoisotopic (exact) mass is 225 g/mol. The zero-order chi connectivity index (χ0) is 12.3. The number of carbonyl (C=O) groups is 2. The van der Waals surface area contributed by atoms with E-state index in [1.165, 1.54) is 6.20 Å². The molecule has 6 heteroatoms. The van der Waals surface area contributed by atoms with Gasteiger partial charge >= 0.3 is 5.97 Å². The van der Waals surface area contributed by atoms with Gasteiger partial charge in [0.25, 0.3) is 0 Å². The number of carboxylic acid groups (broad SMARTS) is 1. The maximum absolute atomic E-state index is 11.7. The van der Waals surface area contributed by atoms with Gasteiger partial charge in [0, 0.05) is 12.4 Å². The minimum absolute atomic E-state index is 0.250. The van der Waals surface area contributed by atoms with Crippen LogP contribution in [0.25, 0.3) is 0 Å². The zero-order valence-electron chi connectivity index (χ0n) is 9.44. The van der Waals surface area contributed by atoms with Crippen LogP contribution >= 0.6 is 0 Å². The van der Waals surface area contributed by atoms with Crippen molar-refractivity contribution >= 4 is 17.8 Å². The van der Waals surface area contributed by atoms with E-state index in [-0.39, 0.29) is 5.95 Å². The molecule has 0 radical (unpaired) electrons. The Hall–Kier alpha value is -1.85. The number of aromatic amines is 1. The van der Waals surface area contributed by atoms with E-state index in [4.69, 9.17) is 5.11 Å². The molecule has 1 amide bonds. The SMILES string of the molecule is CC(C)(C)C(C(=O)O)C(=O)Nc1ncc[nH]1. The summed E-state index contributed by atoms with van der Waals surface area (Å²) in [5.74, 6) is -2.58. The Labute approximate surface area is 93.1 Å². The van der Waals surface area contributed by atoms with E-state index in [1.54, 1.807) is 27.0 Å². The summed E-state index contributed by atoms with van der Waals surface area (Å²) >= 11 is 0. The number of rotatable bonds is 3. The number of H-pyrrole nitrogens is 1. The Morgan fingerprint density at radius 3 is 2.50 bits per heavy atom. The van der Waals surface area contributed by atoms with E-state index in [0.717, 1.165) is 0 Å². The Morgan fingerprint density at radius 2 is 2.12 bits per heavy atom. The number of hydrogen-bond donors (Lipinski definition) is 3. The van der Waals surface area contributed by atoms with Crippen LogP contribution in [0.2, 0.25) is 0 Å². The van der Waals surface area contributed by atoms with Crippen LogP contribution in [0.5, 0.6) is 0 Å². The van der Waals surface area contributed by atoms with Crippen LogP contribution in [-0.2, 0) is 9.59 Å². The van der Waals surface area contributed by atoms with Crippen LogP contribution < -0.4 is 5.32 Å². The molecule has 3 N–H and O–H groups in total. The summed E-state index contributed by atoms with van der Waals surface area (Å²) in [5, 5.41) is 11.4. The molecular formula is C10H15N3O3. The van der Waals surface area contributed by atoms with Crippen molar-refractivity contribution in [2.24, 2.45) is 11.3 Å². The maximum atomic E-state index is 11.7. The number of hydrogen-bond acceptors (Lipinski definition) is 3. The van der Waals surface area contributed by atoms with Crippen molar-refractivity contribution < 1.29 is 14.7 Å². The molecule has 1 aromatic rings. The first-order valence-electron chi connectivity index (χ1n) is 4.85. The van der Waals surface area contributed by atoms with Gasteiger partial charge in [0.05, 0.1) is 0 Å². The largest absolute Gasteiger partial charge is 0.481 e. The van der Waals surface area contributed by atoms with Crippen molar-refractivity contribution in [2.75, 3.05) is 5.32 Å². The number of nitrogens with one attached hydrogen (secondary N) is 2. The summed E-state index contributed by atoms with van der Waals surface area (Å²) in [6.07, 6.45) is 3.02. The average molecular weight is 225 g/mol. The zero-order valence-corrected chi connectivity index (χ0v) is 9.44. The van der Waals surface area contributed by atoms with Gasteiger partial charge in [0.2, 0.25) is 11.9 Å². The molecule has 0 saturated heterocycles. The summed E-state index contributed by atoms with van der Waals surface area (Å²) in [4.78, 5) is 29.2. The molecule has 0 fully saturated rings. The molecule has 6 nitrogen and oxygen atoms in total. The quantitative estimate of drug-likeness (QED) is 0.671. The summed E-state index contributed by atoms with van der Waals surface area (Å²) in [6, 6.07) is 0. The smallest absolute Gasteiger partial charge is 0.316 e. The summed E-state index contributed by atoms with van der Waals surface area (Å²) in [6.45, 7) is 5.11. The molecule has 1 rings (SSSR count). The van der Waals surface area contributed by atoms with E-state index < -0.39 is 23.2 Å². The lowest BCUT2D eigenvalue weighted by Gasteiger charge is -2.25. The number of carboxylic acids is 1. The first-order chi connectivity index (χ1) is 7.32. The second kappa shape index (κ2) is 4.34. The summed E-state index contributed by atoms with van der Waals surface area (Å²) in [5.41, 5.74) is -0.650. The third-order valence-corrected chi connectivity index (χ3v) is 2.11. The Bertz CT molecular complexity index is 379. The van der Waals surface area contributed by atoms with Gasteiger partial charge in [0.1, 0.15) is 5.92 Å². The van der Waals surface area contributed by atoms with Gasteiger partial charge in [-0.15, -0.1) is 0 Å². The minimum Gasteiger partial charge on any atom is -0.481 e. The van der Waals surface area contributed by atoms with E-state index in [0.29, 0.717) is 0 Å². The molecule has 16 heavy (non-hydrogen) atoms. The highest BCUT2D eigenvalue weighted by molar-refractivity contribution is 6.04. The number of amides is 1. The number of imidazole rings is 1. The molecule has 1 unspecified atom stereocenters.